The number of hydrogen-bond acceptors (Lipinski definition) is 2. The van der Waals surface area contributed by atoms with Crippen LogP contribution in [-0.2, 0) is 0 Å². The lowest BCUT2D eigenvalue weighted by molar-refractivity contribution is 0.0192. The maximum absolute atomic E-state index is 9.93. The molecule has 0 fully saturated rings. The Labute approximate surface area is 85.2 Å². The molecule has 14 heavy (non-hydrogen) atoms. The van der Waals surface area contributed by atoms with Crippen LogP contribution in [0.25, 0.3) is 0 Å². The summed E-state index contributed by atoms with van der Waals surface area (Å²) in [4.78, 5) is 0. The van der Waals surface area contributed by atoms with Gasteiger partial charge in [0.1, 0.15) is 0 Å². The summed E-state index contributed by atoms with van der Waals surface area (Å²) < 4.78 is 0. The van der Waals surface area contributed by atoms with Crippen LogP contribution in [0.4, 0.5) is 0 Å². The standard InChI is InChI=1S/C12H18O2/c1-3-11(13)9(2)12(14)10-7-5-4-6-8-10/h4-9,11-14H,3H2,1-2H3/t9-,11+,12+/m0/s1. The molecule has 2 N–H and O–H groups in total. The minimum atomic E-state index is -0.578. The Morgan fingerprint density at radius 1 is 1.14 bits per heavy atom. The highest BCUT2D eigenvalue weighted by atomic mass is 16.3. The summed E-state index contributed by atoms with van der Waals surface area (Å²) in [6.45, 7) is 3.78. The summed E-state index contributed by atoms with van der Waals surface area (Å²) >= 11 is 0. The fraction of sp³-hybridized carbons (Fsp3) is 0.500. The third kappa shape index (κ3) is 2.56. The summed E-state index contributed by atoms with van der Waals surface area (Å²) in [6, 6.07) is 9.46. The Morgan fingerprint density at radius 2 is 1.71 bits per heavy atom. The molecule has 1 aromatic carbocycles. The molecule has 0 aliphatic carbocycles. The Kier molecular flexibility index (Phi) is 4.11. The van der Waals surface area contributed by atoms with Gasteiger partial charge in [0.2, 0.25) is 0 Å². The zero-order valence-corrected chi connectivity index (χ0v) is 8.72. The van der Waals surface area contributed by atoms with E-state index in [1.165, 1.54) is 0 Å². The van der Waals surface area contributed by atoms with Crippen LogP contribution in [-0.4, -0.2) is 16.3 Å². The van der Waals surface area contributed by atoms with Crippen LogP contribution in [0.5, 0.6) is 0 Å². The van der Waals surface area contributed by atoms with E-state index in [2.05, 4.69) is 0 Å². The predicted octanol–water partition coefficient (Wildman–Crippen LogP) is 2.13. The average Bonchev–Trinajstić information content (AvgIpc) is 2.27. The quantitative estimate of drug-likeness (QED) is 0.770. The molecule has 0 aliphatic heterocycles. The molecule has 0 aliphatic rings. The van der Waals surface area contributed by atoms with Gasteiger partial charge in [-0.1, -0.05) is 44.2 Å². The first kappa shape index (κ1) is 11.2. The second-order valence-corrected chi connectivity index (χ2v) is 3.69. The van der Waals surface area contributed by atoms with E-state index in [1.807, 2.05) is 44.2 Å². The van der Waals surface area contributed by atoms with Gasteiger partial charge in [-0.05, 0) is 12.0 Å². The molecule has 3 atom stereocenters. The van der Waals surface area contributed by atoms with Crippen molar-refractivity contribution in [1.29, 1.82) is 0 Å². The number of aliphatic hydroxyl groups excluding tert-OH is 2. The molecule has 1 aromatic rings. The first-order chi connectivity index (χ1) is 6.66. The maximum Gasteiger partial charge on any atom is 0.0840 e. The third-order valence-corrected chi connectivity index (χ3v) is 2.66. The predicted molar refractivity (Wildman–Crippen MR) is 56.9 cm³/mol. The van der Waals surface area contributed by atoms with Crippen molar-refractivity contribution in [2.45, 2.75) is 32.5 Å². The highest BCUT2D eigenvalue weighted by Gasteiger charge is 2.21. The number of aliphatic hydroxyl groups is 2. The monoisotopic (exact) mass is 194 g/mol. The van der Waals surface area contributed by atoms with E-state index in [0.29, 0.717) is 6.42 Å². The largest absolute Gasteiger partial charge is 0.393 e. The van der Waals surface area contributed by atoms with Gasteiger partial charge in [-0.3, -0.25) is 0 Å². The SMILES string of the molecule is CC[C@@H](O)[C@H](C)[C@@H](O)c1ccccc1. The van der Waals surface area contributed by atoms with Crippen LogP contribution in [0.3, 0.4) is 0 Å². The Balaban J connectivity index is 2.70. The Morgan fingerprint density at radius 3 is 2.21 bits per heavy atom. The molecule has 0 bridgehead atoms. The third-order valence-electron chi connectivity index (χ3n) is 2.66. The van der Waals surface area contributed by atoms with Crippen molar-refractivity contribution in [2.75, 3.05) is 0 Å². The molecule has 0 amide bonds. The highest BCUT2D eigenvalue weighted by Crippen LogP contribution is 2.25. The molecule has 0 saturated carbocycles. The molecule has 78 valence electrons. The molecule has 0 unspecified atom stereocenters. The van der Waals surface area contributed by atoms with Gasteiger partial charge in [-0.2, -0.15) is 0 Å². The number of hydrogen-bond donors (Lipinski definition) is 2. The summed E-state index contributed by atoms with van der Waals surface area (Å²) in [5.74, 6) is -0.123. The summed E-state index contributed by atoms with van der Waals surface area (Å²) in [7, 11) is 0. The van der Waals surface area contributed by atoms with E-state index in [9.17, 15) is 10.2 Å². The number of benzene rings is 1. The van der Waals surface area contributed by atoms with Gasteiger partial charge in [-0.15, -0.1) is 0 Å². The van der Waals surface area contributed by atoms with Crippen molar-refractivity contribution in [1.82, 2.24) is 0 Å². The van der Waals surface area contributed by atoms with Crippen LogP contribution in [0.2, 0.25) is 0 Å². The van der Waals surface area contributed by atoms with E-state index in [-0.39, 0.29) is 5.92 Å². The minimum Gasteiger partial charge on any atom is -0.393 e. The first-order valence-electron chi connectivity index (χ1n) is 5.08. The maximum atomic E-state index is 9.93. The van der Waals surface area contributed by atoms with Crippen molar-refractivity contribution < 1.29 is 10.2 Å². The Hall–Kier alpha value is -0.860. The lowest BCUT2D eigenvalue weighted by Crippen LogP contribution is -2.23. The summed E-state index contributed by atoms with van der Waals surface area (Å²) in [5, 5.41) is 19.5. The molecule has 2 nitrogen and oxygen atoms in total. The zero-order chi connectivity index (χ0) is 10.6. The second-order valence-electron chi connectivity index (χ2n) is 3.69. The van der Waals surface area contributed by atoms with Crippen LogP contribution in [0.15, 0.2) is 30.3 Å². The minimum absolute atomic E-state index is 0.123. The lowest BCUT2D eigenvalue weighted by Gasteiger charge is -2.23. The normalized spacial score (nSPS) is 17.4. The molecule has 0 spiro atoms. The molecule has 0 saturated heterocycles. The van der Waals surface area contributed by atoms with Crippen LogP contribution >= 0.6 is 0 Å². The molecule has 2 heteroatoms. The van der Waals surface area contributed by atoms with E-state index in [1.54, 1.807) is 0 Å². The van der Waals surface area contributed by atoms with Gasteiger partial charge in [0.25, 0.3) is 0 Å². The summed E-state index contributed by atoms with van der Waals surface area (Å²) in [5.41, 5.74) is 0.868. The molecular weight excluding hydrogens is 176 g/mol. The molecule has 0 aromatic heterocycles. The Bertz CT molecular complexity index is 258. The van der Waals surface area contributed by atoms with Crippen molar-refractivity contribution in [3.05, 3.63) is 35.9 Å². The molecule has 0 radical (unpaired) electrons. The van der Waals surface area contributed by atoms with Crippen LogP contribution in [0.1, 0.15) is 31.9 Å². The van der Waals surface area contributed by atoms with E-state index < -0.39 is 12.2 Å². The van der Waals surface area contributed by atoms with Crippen molar-refractivity contribution in [3.8, 4) is 0 Å². The average molecular weight is 194 g/mol. The molecule has 1 rings (SSSR count). The second kappa shape index (κ2) is 5.13. The van der Waals surface area contributed by atoms with E-state index in [0.717, 1.165) is 5.56 Å². The van der Waals surface area contributed by atoms with Crippen molar-refractivity contribution >= 4 is 0 Å². The highest BCUT2D eigenvalue weighted by molar-refractivity contribution is 5.18. The van der Waals surface area contributed by atoms with Crippen LogP contribution < -0.4 is 0 Å². The summed E-state index contributed by atoms with van der Waals surface area (Å²) in [6.07, 6.45) is -0.346. The van der Waals surface area contributed by atoms with Gasteiger partial charge in [0.05, 0.1) is 12.2 Å². The fourth-order valence-electron chi connectivity index (χ4n) is 1.54. The fourth-order valence-corrected chi connectivity index (χ4v) is 1.54. The molecular formula is C12H18O2. The molecule has 0 heterocycles. The van der Waals surface area contributed by atoms with E-state index >= 15 is 0 Å². The number of rotatable bonds is 4. The van der Waals surface area contributed by atoms with Gasteiger partial charge < -0.3 is 10.2 Å². The van der Waals surface area contributed by atoms with E-state index in [4.69, 9.17) is 0 Å². The lowest BCUT2D eigenvalue weighted by atomic mass is 9.91. The first-order valence-corrected chi connectivity index (χ1v) is 5.08. The van der Waals surface area contributed by atoms with Crippen molar-refractivity contribution in [3.63, 3.8) is 0 Å². The topological polar surface area (TPSA) is 40.5 Å². The van der Waals surface area contributed by atoms with Gasteiger partial charge in [0.15, 0.2) is 0 Å². The van der Waals surface area contributed by atoms with Gasteiger partial charge in [0, 0.05) is 5.92 Å². The van der Waals surface area contributed by atoms with Crippen LogP contribution in [0, 0.1) is 5.92 Å². The van der Waals surface area contributed by atoms with Gasteiger partial charge >= 0.3 is 0 Å². The van der Waals surface area contributed by atoms with Gasteiger partial charge in [-0.25, -0.2) is 0 Å². The van der Waals surface area contributed by atoms with Crippen molar-refractivity contribution in [2.24, 2.45) is 5.92 Å². The smallest absolute Gasteiger partial charge is 0.0840 e. The zero-order valence-electron chi connectivity index (χ0n) is 8.72.